The molecule has 1 aromatic carbocycles. The van der Waals surface area contributed by atoms with E-state index in [1.165, 1.54) is 6.42 Å². The number of carbonyl (C=O) groups excluding carboxylic acids is 3. The SMILES string of the molecule is CC(C)(C)OC(=O)NC1CCN(C(=O)C2CC3CCCCC3N2C(=O)c2ccccc2)CC1. The first-order chi connectivity index (χ1) is 15.7. The number of likely N-dealkylation sites (tertiary alicyclic amines) is 2. The third kappa shape index (κ3) is 5.50. The molecule has 3 atom stereocenters. The Kier molecular flexibility index (Phi) is 6.96. The molecule has 0 aromatic heterocycles. The molecule has 2 heterocycles. The van der Waals surface area contributed by atoms with Crippen LogP contribution in [-0.2, 0) is 9.53 Å². The van der Waals surface area contributed by atoms with Crippen LogP contribution in [0.1, 0.15) is 76.1 Å². The van der Waals surface area contributed by atoms with Crippen LogP contribution in [-0.4, -0.2) is 64.5 Å². The lowest BCUT2D eigenvalue weighted by molar-refractivity contribution is -0.136. The predicted octanol–water partition coefficient (Wildman–Crippen LogP) is 3.98. The van der Waals surface area contributed by atoms with Gasteiger partial charge in [0.05, 0.1) is 0 Å². The molecule has 2 saturated heterocycles. The Morgan fingerprint density at radius 2 is 1.64 bits per heavy atom. The summed E-state index contributed by atoms with van der Waals surface area (Å²) in [6.07, 6.45) is 6.10. The standard InChI is InChI=1S/C26H37N3O4/c1-26(2,3)33-25(32)27-20-13-15-28(16-14-20)24(31)22-17-19-11-7-8-12-21(19)29(22)23(30)18-9-5-4-6-10-18/h4-6,9-10,19-22H,7-8,11-17H2,1-3H3,(H,27,32). The van der Waals surface area contributed by atoms with Crippen molar-refractivity contribution in [1.82, 2.24) is 15.1 Å². The Hall–Kier alpha value is -2.57. The van der Waals surface area contributed by atoms with Crippen LogP contribution < -0.4 is 5.32 Å². The summed E-state index contributed by atoms with van der Waals surface area (Å²) in [5.74, 6) is 0.445. The third-order valence-electron chi connectivity index (χ3n) is 7.16. The topological polar surface area (TPSA) is 79.0 Å². The third-order valence-corrected chi connectivity index (χ3v) is 7.16. The van der Waals surface area contributed by atoms with Crippen molar-refractivity contribution < 1.29 is 19.1 Å². The van der Waals surface area contributed by atoms with E-state index < -0.39 is 11.7 Å². The molecule has 7 nitrogen and oxygen atoms in total. The number of fused-ring (bicyclic) bond motifs is 1. The first-order valence-corrected chi connectivity index (χ1v) is 12.4. The molecule has 1 aliphatic carbocycles. The van der Waals surface area contributed by atoms with Crippen molar-refractivity contribution >= 4 is 17.9 Å². The summed E-state index contributed by atoms with van der Waals surface area (Å²) in [5.41, 5.74) is 0.121. The van der Waals surface area contributed by atoms with Crippen LogP contribution in [0.25, 0.3) is 0 Å². The minimum absolute atomic E-state index is 0.00267. The lowest BCUT2D eigenvalue weighted by Crippen LogP contribution is -2.54. The smallest absolute Gasteiger partial charge is 0.407 e. The molecule has 0 radical (unpaired) electrons. The quantitative estimate of drug-likeness (QED) is 0.748. The van der Waals surface area contributed by atoms with Gasteiger partial charge in [0.2, 0.25) is 5.91 Å². The van der Waals surface area contributed by atoms with Gasteiger partial charge in [0, 0.05) is 30.7 Å². The zero-order chi connectivity index (χ0) is 23.6. The Morgan fingerprint density at radius 3 is 2.30 bits per heavy atom. The summed E-state index contributed by atoms with van der Waals surface area (Å²) >= 11 is 0. The molecule has 33 heavy (non-hydrogen) atoms. The summed E-state index contributed by atoms with van der Waals surface area (Å²) < 4.78 is 5.36. The Morgan fingerprint density at radius 1 is 0.970 bits per heavy atom. The van der Waals surface area contributed by atoms with Gasteiger partial charge in [-0.1, -0.05) is 31.0 Å². The molecule has 4 rings (SSSR count). The molecule has 1 N–H and O–H groups in total. The number of piperidine rings is 1. The molecular weight excluding hydrogens is 418 g/mol. The molecule has 3 amide bonds. The molecule has 7 heteroatoms. The summed E-state index contributed by atoms with van der Waals surface area (Å²) in [7, 11) is 0. The number of hydrogen-bond donors (Lipinski definition) is 1. The van der Waals surface area contributed by atoms with Crippen molar-refractivity contribution in [3.8, 4) is 0 Å². The van der Waals surface area contributed by atoms with Gasteiger partial charge in [-0.3, -0.25) is 9.59 Å². The van der Waals surface area contributed by atoms with Crippen molar-refractivity contribution in [1.29, 1.82) is 0 Å². The van der Waals surface area contributed by atoms with Gasteiger partial charge in [0.15, 0.2) is 0 Å². The van der Waals surface area contributed by atoms with Crippen LogP contribution >= 0.6 is 0 Å². The second-order valence-electron chi connectivity index (χ2n) is 10.7. The highest BCUT2D eigenvalue weighted by Gasteiger charge is 2.48. The first-order valence-electron chi connectivity index (χ1n) is 12.4. The Labute approximate surface area is 196 Å². The summed E-state index contributed by atoms with van der Waals surface area (Å²) in [4.78, 5) is 43.0. The van der Waals surface area contributed by atoms with E-state index in [0.29, 0.717) is 37.4 Å². The van der Waals surface area contributed by atoms with Gasteiger partial charge < -0.3 is 19.9 Å². The van der Waals surface area contributed by atoms with E-state index in [1.807, 2.05) is 60.9 Å². The Balaban J connectivity index is 1.41. The molecular formula is C26H37N3O4. The summed E-state index contributed by atoms with van der Waals surface area (Å²) in [6, 6.07) is 9.11. The van der Waals surface area contributed by atoms with Gasteiger partial charge in [-0.25, -0.2) is 4.79 Å². The number of nitrogens with one attached hydrogen (secondary N) is 1. The number of rotatable bonds is 3. The predicted molar refractivity (Wildman–Crippen MR) is 126 cm³/mol. The number of amides is 3. The van der Waals surface area contributed by atoms with Crippen molar-refractivity contribution in [2.45, 2.75) is 89.4 Å². The van der Waals surface area contributed by atoms with Gasteiger partial charge in [0.25, 0.3) is 5.91 Å². The molecule has 2 aliphatic heterocycles. The molecule has 0 bridgehead atoms. The van der Waals surface area contributed by atoms with E-state index in [9.17, 15) is 14.4 Å². The minimum atomic E-state index is -0.533. The van der Waals surface area contributed by atoms with Crippen LogP contribution in [0.2, 0.25) is 0 Å². The molecule has 1 aromatic rings. The second-order valence-corrected chi connectivity index (χ2v) is 10.7. The van der Waals surface area contributed by atoms with Gasteiger partial charge in [-0.05, 0) is 70.9 Å². The van der Waals surface area contributed by atoms with E-state index in [2.05, 4.69) is 5.32 Å². The first kappa shape index (κ1) is 23.6. The van der Waals surface area contributed by atoms with E-state index in [-0.39, 0.29) is 29.9 Å². The number of ether oxygens (including phenoxy) is 1. The highest BCUT2D eigenvalue weighted by atomic mass is 16.6. The lowest BCUT2D eigenvalue weighted by atomic mass is 9.84. The maximum Gasteiger partial charge on any atom is 0.407 e. The monoisotopic (exact) mass is 455 g/mol. The Bertz CT molecular complexity index is 858. The van der Waals surface area contributed by atoms with Crippen molar-refractivity contribution in [2.75, 3.05) is 13.1 Å². The van der Waals surface area contributed by atoms with Gasteiger partial charge in [0.1, 0.15) is 11.6 Å². The van der Waals surface area contributed by atoms with Crippen LogP contribution in [0.3, 0.4) is 0 Å². The minimum Gasteiger partial charge on any atom is -0.444 e. The maximum absolute atomic E-state index is 13.6. The second kappa shape index (κ2) is 9.74. The highest BCUT2D eigenvalue weighted by Crippen LogP contribution is 2.41. The number of hydrogen-bond acceptors (Lipinski definition) is 4. The highest BCUT2D eigenvalue weighted by molar-refractivity contribution is 5.98. The van der Waals surface area contributed by atoms with Gasteiger partial charge in [-0.15, -0.1) is 0 Å². The molecule has 3 fully saturated rings. The molecule has 3 aliphatic rings. The van der Waals surface area contributed by atoms with Gasteiger partial charge in [-0.2, -0.15) is 0 Å². The summed E-state index contributed by atoms with van der Waals surface area (Å²) in [6.45, 7) is 6.69. The van der Waals surface area contributed by atoms with Gasteiger partial charge >= 0.3 is 6.09 Å². The lowest BCUT2D eigenvalue weighted by Gasteiger charge is -2.37. The maximum atomic E-state index is 13.6. The van der Waals surface area contributed by atoms with E-state index in [0.717, 1.165) is 25.7 Å². The average molecular weight is 456 g/mol. The largest absolute Gasteiger partial charge is 0.444 e. The number of carbonyl (C=O) groups is 3. The van der Waals surface area contributed by atoms with Crippen LogP contribution in [0.4, 0.5) is 4.79 Å². The average Bonchev–Trinajstić information content (AvgIpc) is 3.17. The van der Waals surface area contributed by atoms with Crippen LogP contribution in [0.5, 0.6) is 0 Å². The number of nitrogens with zero attached hydrogens (tertiary/aromatic N) is 2. The zero-order valence-electron chi connectivity index (χ0n) is 20.1. The van der Waals surface area contributed by atoms with Crippen LogP contribution in [0.15, 0.2) is 30.3 Å². The fraction of sp³-hybridized carbons (Fsp3) is 0.654. The van der Waals surface area contributed by atoms with E-state index in [1.54, 1.807) is 0 Å². The normalized spacial score (nSPS) is 26.0. The number of benzene rings is 1. The number of alkyl carbamates (subject to hydrolysis) is 1. The molecule has 3 unspecified atom stereocenters. The van der Waals surface area contributed by atoms with Crippen molar-refractivity contribution in [3.63, 3.8) is 0 Å². The van der Waals surface area contributed by atoms with Crippen LogP contribution in [0, 0.1) is 5.92 Å². The van der Waals surface area contributed by atoms with Crippen molar-refractivity contribution in [2.24, 2.45) is 5.92 Å². The molecule has 180 valence electrons. The molecule has 0 spiro atoms. The fourth-order valence-electron chi connectivity index (χ4n) is 5.63. The fourth-order valence-corrected chi connectivity index (χ4v) is 5.63. The summed E-state index contributed by atoms with van der Waals surface area (Å²) in [5, 5.41) is 2.93. The zero-order valence-corrected chi connectivity index (χ0v) is 20.1. The molecule has 1 saturated carbocycles. The van der Waals surface area contributed by atoms with E-state index in [4.69, 9.17) is 4.74 Å². The van der Waals surface area contributed by atoms with Crippen molar-refractivity contribution in [3.05, 3.63) is 35.9 Å². The van der Waals surface area contributed by atoms with E-state index >= 15 is 0 Å².